The summed E-state index contributed by atoms with van der Waals surface area (Å²) in [6.07, 6.45) is 1.84. The maximum absolute atomic E-state index is 6.06. The van der Waals surface area contributed by atoms with Gasteiger partial charge in [-0.15, -0.1) is 0 Å². The number of benzene rings is 1. The van der Waals surface area contributed by atoms with Crippen LogP contribution >= 0.6 is 11.6 Å². The lowest BCUT2D eigenvalue weighted by Gasteiger charge is -2.16. The predicted octanol–water partition coefficient (Wildman–Crippen LogP) is 4.02. The third kappa shape index (κ3) is 3.14. The van der Waals surface area contributed by atoms with E-state index in [0.717, 1.165) is 17.2 Å². The van der Waals surface area contributed by atoms with Crippen LogP contribution < -0.4 is 4.74 Å². The van der Waals surface area contributed by atoms with Gasteiger partial charge in [0.2, 0.25) is 0 Å². The van der Waals surface area contributed by atoms with Crippen LogP contribution in [0.2, 0.25) is 5.02 Å². The fourth-order valence-corrected chi connectivity index (χ4v) is 2.32. The van der Waals surface area contributed by atoms with Crippen molar-refractivity contribution in [1.82, 2.24) is 0 Å². The van der Waals surface area contributed by atoms with E-state index < -0.39 is 0 Å². The molecule has 0 aliphatic carbocycles. The van der Waals surface area contributed by atoms with Crippen LogP contribution in [0.4, 0.5) is 0 Å². The molecule has 1 saturated heterocycles. The summed E-state index contributed by atoms with van der Waals surface area (Å²) in [5.41, 5.74) is 1.18. The molecule has 17 heavy (non-hydrogen) atoms. The SMILES string of the molecule is CCOc1ccc(Cl)cc1C(C)CC1OC1C. The Morgan fingerprint density at radius 2 is 2.18 bits per heavy atom. The van der Waals surface area contributed by atoms with Crippen LogP contribution in [0.25, 0.3) is 0 Å². The van der Waals surface area contributed by atoms with Gasteiger partial charge in [-0.25, -0.2) is 0 Å². The van der Waals surface area contributed by atoms with Crippen LogP contribution in [0.15, 0.2) is 18.2 Å². The molecule has 2 nitrogen and oxygen atoms in total. The lowest BCUT2D eigenvalue weighted by molar-refractivity contribution is 0.330. The van der Waals surface area contributed by atoms with Crippen molar-refractivity contribution in [1.29, 1.82) is 0 Å². The number of hydrogen-bond acceptors (Lipinski definition) is 2. The minimum Gasteiger partial charge on any atom is -0.494 e. The average Bonchev–Trinajstić information content (AvgIpc) is 2.97. The molecule has 1 fully saturated rings. The van der Waals surface area contributed by atoms with Crippen molar-refractivity contribution in [3.05, 3.63) is 28.8 Å². The minimum absolute atomic E-state index is 0.401. The Morgan fingerprint density at radius 3 is 2.76 bits per heavy atom. The maximum atomic E-state index is 6.06. The van der Waals surface area contributed by atoms with Gasteiger partial charge in [-0.05, 0) is 49.9 Å². The normalized spacial score (nSPS) is 24.5. The van der Waals surface area contributed by atoms with Gasteiger partial charge in [0.1, 0.15) is 5.75 Å². The van der Waals surface area contributed by atoms with Crippen molar-refractivity contribution in [3.8, 4) is 5.75 Å². The molecule has 94 valence electrons. The first kappa shape index (κ1) is 12.7. The molecule has 1 aromatic carbocycles. The zero-order valence-corrected chi connectivity index (χ0v) is 11.3. The number of epoxide rings is 1. The largest absolute Gasteiger partial charge is 0.494 e. The molecule has 0 N–H and O–H groups in total. The van der Waals surface area contributed by atoms with Crippen LogP contribution in [0.1, 0.15) is 38.7 Å². The van der Waals surface area contributed by atoms with E-state index in [0.29, 0.717) is 24.7 Å². The summed E-state index contributed by atoms with van der Waals surface area (Å²) in [5.74, 6) is 1.35. The Morgan fingerprint density at radius 1 is 1.47 bits per heavy atom. The van der Waals surface area contributed by atoms with E-state index >= 15 is 0 Å². The highest BCUT2D eigenvalue weighted by atomic mass is 35.5. The van der Waals surface area contributed by atoms with E-state index in [4.69, 9.17) is 21.1 Å². The van der Waals surface area contributed by atoms with Gasteiger partial charge in [0, 0.05) is 5.02 Å². The molecule has 0 spiro atoms. The van der Waals surface area contributed by atoms with Crippen LogP contribution in [0.5, 0.6) is 5.75 Å². The smallest absolute Gasteiger partial charge is 0.122 e. The molecule has 0 saturated carbocycles. The molecule has 3 heteroatoms. The standard InChI is InChI=1S/C14H19ClO2/c1-4-16-13-6-5-11(15)8-12(13)9(2)7-14-10(3)17-14/h5-6,8-10,14H,4,7H2,1-3H3. The number of rotatable bonds is 5. The number of hydrogen-bond donors (Lipinski definition) is 0. The van der Waals surface area contributed by atoms with Crippen molar-refractivity contribution in [3.63, 3.8) is 0 Å². The molecular formula is C14H19ClO2. The average molecular weight is 255 g/mol. The molecule has 1 heterocycles. The first-order valence-corrected chi connectivity index (χ1v) is 6.57. The molecule has 0 amide bonds. The molecule has 1 aromatic rings. The predicted molar refractivity (Wildman–Crippen MR) is 70.0 cm³/mol. The topological polar surface area (TPSA) is 21.8 Å². The van der Waals surface area contributed by atoms with Crippen LogP contribution in [-0.4, -0.2) is 18.8 Å². The first-order chi connectivity index (χ1) is 8.11. The molecule has 2 rings (SSSR count). The monoisotopic (exact) mass is 254 g/mol. The molecule has 1 aliphatic heterocycles. The number of halogens is 1. The van der Waals surface area contributed by atoms with Gasteiger partial charge >= 0.3 is 0 Å². The third-order valence-electron chi connectivity index (χ3n) is 3.22. The fraction of sp³-hybridized carbons (Fsp3) is 0.571. The van der Waals surface area contributed by atoms with Gasteiger partial charge in [0.25, 0.3) is 0 Å². The van der Waals surface area contributed by atoms with Crippen molar-refractivity contribution >= 4 is 11.6 Å². The lowest BCUT2D eigenvalue weighted by atomic mass is 9.94. The lowest BCUT2D eigenvalue weighted by Crippen LogP contribution is -2.04. The second-order valence-electron chi connectivity index (χ2n) is 4.63. The van der Waals surface area contributed by atoms with Gasteiger partial charge < -0.3 is 9.47 Å². The summed E-state index contributed by atoms with van der Waals surface area (Å²) in [6, 6.07) is 5.83. The zero-order chi connectivity index (χ0) is 12.4. The van der Waals surface area contributed by atoms with Gasteiger partial charge in [-0.3, -0.25) is 0 Å². The molecule has 1 aliphatic rings. The minimum atomic E-state index is 0.401. The summed E-state index contributed by atoms with van der Waals surface area (Å²) < 4.78 is 11.1. The Bertz CT molecular complexity index is 392. The Balaban J connectivity index is 2.13. The molecule has 0 bridgehead atoms. The third-order valence-corrected chi connectivity index (χ3v) is 3.46. The van der Waals surface area contributed by atoms with E-state index in [1.165, 1.54) is 5.56 Å². The first-order valence-electron chi connectivity index (χ1n) is 6.19. The fourth-order valence-electron chi connectivity index (χ4n) is 2.14. The molecule has 0 aromatic heterocycles. The maximum Gasteiger partial charge on any atom is 0.122 e. The van der Waals surface area contributed by atoms with Gasteiger partial charge in [-0.1, -0.05) is 18.5 Å². The number of ether oxygens (including phenoxy) is 2. The van der Waals surface area contributed by atoms with Crippen molar-refractivity contribution in [2.24, 2.45) is 0 Å². The second kappa shape index (κ2) is 5.28. The quantitative estimate of drug-likeness (QED) is 0.741. The van der Waals surface area contributed by atoms with Crippen molar-refractivity contribution < 1.29 is 9.47 Å². The van der Waals surface area contributed by atoms with Crippen molar-refractivity contribution in [2.45, 2.75) is 45.3 Å². The van der Waals surface area contributed by atoms with Gasteiger partial charge in [-0.2, -0.15) is 0 Å². The summed E-state index contributed by atoms with van der Waals surface area (Å²) in [5, 5.41) is 0.764. The Hall–Kier alpha value is -0.730. The van der Waals surface area contributed by atoms with E-state index in [1.54, 1.807) is 0 Å². The molecular weight excluding hydrogens is 236 g/mol. The van der Waals surface area contributed by atoms with Crippen molar-refractivity contribution in [2.75, 3.05) is 6.61 Å². The van der Waals surface area contributed by atoms with E-state index in [9.17, 15) is 0 Å². The zero-order valence-electron chi connectivity index (χ0n) is 10.6. The highest BCUT2D eigenvalue weighted by Gasteiger charge is 2.35. The van der Waals surface area contributed by atoms with Crippen LogP contribution in [-0.2, 0) is 4.74 Å². The summed E-state index contributed by atoms with van der Waals surface area (Å²) in [6.45, 7) is 6.98. The van der Waals surface area contributed by atoms with E-state index in [2.05, 4.69) is 13.8 Å². The molecule has 0 radical (unpaired) electrons. The highest BCUT2D eigenvalue weighted by molar-refractivity contribution is 6.30. The Kier molecular flexibility index (Phi) is 3.95. The molecule has 3 atom stereocenters. The Labute approximate surface area is 108 Å². The van der Waals surface area contributed by atoms with Gasteiger partial charge in [0.15, 0.2) is 0 Å². The van der Waals surface area contributed by atoms with Gasteiger partial charge in [0.05, 0.1) is 18.8 Å². The van der Waals surface area contributed by atoms with Crippen LogP contribution in [0, 0.1) is 0 Å². The van der Waals surface area contributed by atoms with E-state index in [-0.39, 0.29) is 0 Å². The molecule has 3 unspecified atom stereocenters. The summed E-state index contributed by atoms with van der Waals surface area (Å²) >= 11 is 6.06. The van der Waals surface area contributed by atoms with Crippen LogP contribution in [0.3, 0.4) is 0 Å². The second-order valence-corrected chi connectivity index (χ2v) is 5.07. The van der Waals surface area contributed by atoms with E-state index in [1.807, 2.05) is 25.1 Å². The summed E-state index contributed by atoms with van der Waals surface area (Å²) in [4.78, 5) is 0. The summed E-state index contributed by atoms with van der Waals surface area (Å²) in [7, 11) is 0. The highest BCUT2D eigenvalue weighted by Crippen LogP contribution is 2.37.